The molecule has 0 atom stereocenters. The fraction of sp³-hybridized carbons (Fsp3) is 0.833. The van der Waals surface area contributed by atoms with Crippen LogP contribution in [0.15, 0.2) is 0 Å². The molecule has 1 N–H and O–H groups in total. The van der Waals surface area contributed by atoms with E-state index in [-0.39, 0.29) is 6.61 Å². The van der Waals surface area contributed by atoms with Gasteiger partial charge in [-0.15, -0.1) is 0 Å². The van der Waals surface area contributed by atoms with Gasteiger partial charge in [-0.05, 0) is 13.8 Å². The Morgan fingerprint density at radius 2 is 2.11 bits per heavy atom. The number of aldehydes is 1. The maximum absolute atomic E-state index is 10.2. The monoisotopic (exact) mass is 130 g/mol. The molecule has 0 aliphatic rings. The van der Waals surface area contributed by atoms with Gasteiger partial charge in [-0.1, -0.05) is 0 Å². The third-order valence-corrected chi connectivity index (χ3v) is 0.977. The molecule has 0 heterocycles. The zero-order valence-corrected chi connectivity index (χ0v) is 5.81. The minimum Gasteiger partial charge on any atom is -0.303 e. The van der Waals surface area contributed by atoms with Gasteiger partial charge < -0.3 is 10.1 Å². The molecule has 0 spiro atoms. The van der Waals surface area contributed by atoms with Crippen molar-refractivity contribution in [2.24, 2.45) is 0 Å². The van der Waals surface area contributed by atoms with Crippen molar-refractivity contribution in [2.75, 3.05) is 13.2 Å². The van der Waals surface area contributed by atoms with E-state index in [0.717, 1.165) is 6.29 Å². The van der Waals surface area contributed by atoms with Crippen molar-refractivity contribution < 1.29 is 9.90 Å². The van der Waals surface area contributed by atoms with Gasteiger partial charge in [0.05, 0.1) is 12.1 Å². The SMILES string of the molecule is CC(C)(C=O)NCC[O]. The third-order valence-electron chi connectivity index (χ3n) is 0.977. The second-order valence-electron chi connectivity index (χ2n) is 2.47. The van der Waals surface area contributed by atoms with Gasteiger partial charge in [-0.3, -0.25) is 0 Å². The molecule has 0 fully saturated rings. The first-order valence-electron chi connectivity index (χ1n) is 2.92. The molecular formula is C6H12NO2. The molecule has 0 aromatic rings. The van der Waals surface area contributed by atoms with Crippen LogP contribution in [-0.2, 0) is 9.90 Å². The number of hydrogen-bond acceptors (Lipinski definition) is 2. The zero-order valence-electron chi connectivity index (χ0n) is 5.81. The lowest BCUT2D eigenvalue weighted by Gasteiger charge is -2.17. The largest absolute Gasteiger partial charge is 0.303 e. The van der Waals surface area contributed by atoms with Crippen LogP contribution in [0.3, 0.4) is 0 Å². The van der Waals surface area contributed by atoms with Crippen molar-refractivity contribution in [3.05, 3.63) is 0 Å². The molecule has 0 aromatic carbocycles. The molecule has 53 valence electrons. The van der Waals surface area contributed by atoms with Crippen molar-refractivity contribution in [3.63, 3.8) is 0 Å². The average Bonchev–Trinajstić information content (AvgIpc) is 1.84. The van der Waals surface area contributed by atoms with Gasteiger partial charge in [0.2, 0.25) is 0 Å². The summed E-state index contributed by atoms with van der Waals surface area (Å²) in [5.41, 5.74) is -0.537. The number of hydrogen-bond donors (Lipinski definition) is 1. The molecule has 0 unspecified atom stereocenters. The van der Waals surface area contributed by atoms with Crippen molar-refractivity contribution in [1.29, 1.82) is 0 Å². The summed E-state index contributed by atoms with van der Waals surface area (Å²) < 4.78 is 0. The van der Waals surface area contributed by atoms with Crippen LogP contribution in [0.5, 0.6) is 0 Å². The molecule has 0 aliphatic heterocycles. The standard InChI is InChI=1S/C6H12NO2/c1-6(2,5-9)7-3-4-8/h5,7H,3-4H2,1-2H3. The zero-order chi connectivity index (χ0) is 7.33. The Hall–Kier alpha value is -0.410. The highest BCUT2D eigenvalue weighted by molar-refractivity contribution is 5.62. The van der Waals surface area contributed by atoms with Gasteiger partial charge in [-0.25, -0.2) is 5.11 Å². The van der Waals surface area contributed by atoms with E-state index in [4.69, 9.17) is 0 Å². The lowest BCUT2D eigenvalue weighted by atomic mass is 10.1. The van der Waals surface area contributed by atoms with Crippen molar-refractivity contribution in [3.8, 4) is 0 Å². The van der Waals surface area contributed by atoms with Crippen molar-refractivity contribution >= 4 is 6.29 Å². The molecular weight excluding hydrogens is 118 g/mol. The van der Waals surface area contributed by atoms with Crippen molar-refractivity contribution in [1.82, 2.24) is 5.32 Å². The van der Waals surface area contributed by atoms with Crippen LogP contribution in [0.2, 0.25) is 0 Å². The summed E-state index contributed by atoms with van der Waals surface area (Å²) in [5, 5.41) is 12.7. The maximum Gasteiger partial charge on any atom is 0.139 e. The summed E-state index contributed by atoms with van der Waals surface area (Å²) in [6.07, 6.45) is 0.794. The van der Waals surface area contributed by atoms with E-state index >= 15 is 0 Å². The molecule has 0 saturated heterocycles. The summed E-state index contributed by atoms with van der Waals surface area (Å²) in [7, 11) is 0. The van der Waals surface area contributed by atoms with E-state index in [1.165, 1.54) is 0 Å². The van der Waals surface area contributed by atoms with Crippen LogP contribution in [-0.4, -0.2) is 25.0 Å². The summed E-state index contributed by atoms with van der Waals surface area (Å²) in [6, 6.07) is 0. The molecule has 0 bridgehead atoms. The molecule has 1 radical (unpaired) electrons. The molecule has 3 heteroatoms. The fourth-order valence-electron chi connectivity index (χ4n) is 0.415. The Morgan fingerprint density at radius 3 is 2.44 bits per heavy atom. The van der Waals surface area contributed by atoms with E-state index in [1.54, 1.807) is 13.8 Å². The first-order valence-corrected chi connectivity index (χ1v) is 2.92. The highest BCUT2D eigenvalue weighted by Crippen LogP contribution is 1.93. The normalized spacial score (nSPS) is 11.4. The van der Waals surface area contributed by atoms with Gasteiger partial charge in [0.15, 0.2) is 0 Å². The first kappa shape index (κ1) is 8.59. The van der Waals surface area contributed by atoms with Crippen LogP contribution >= 0.6 is 0 Å². The van der Waals surface area contributed by atoms with Gasteiger partial charge in [0.1, 0.15) is 6.29 Å². The summed E-state index contributed by atoms with van der Waals surface area (Å²) in [6.45, 7) is 3.63. The Bertz CT molecular complexity index is 91.1. The maximum atomic E-state index is 10.2. The van der Waals surface area contributed by atoms with Crippen LogP contribution in [0.1, 0.15) is 13.8 Å². The Labute approximate surface area is 55.1 Å². The highest BCUT2D eigenvalue weighted by atomic mass is 16.3. The van der Waals surface area contributed by atoms with Crippen LogP contribution in [0.25, 0.3) is 0 Å². The molecule has 0 aliphatic carbocycles. The van der Waals surface area contributed by atoms with E-state index in [2.05, 4.69) is 5.32 Å². The molecule has 0 rings (SSSR count). The van der Waals surface area contributed by atoms with E-state index < -0.39 is 5.54 Å². The quantitative estimate of drug-likeness (QED) is 0.544. The molecule has 0 amide bonds. The fourth-order valence-corrected chi connectivity index (χ4v) is 0.415. The lowest BCUT2D eigenvalue weighted by Crippen LogP contribution is -2.42. The topological polar surface area (TPSA) is 49.0 Å². The Balaban J connectivity index is 3.45. The number of rotatable bonds is 4. The Morgan fingerprint density at radius 1 is 1.56 bits per heavy atom. The number of carbonyl (C=O) groups is 1. The molecule has 0 saturated carbocycles. The van der Waals surface area contributed by atoms with Crippen LogP contribution in [0, 0.1) is 0 Å². The second-order valence-corrected chi connectivity index (χ2v) is 2.47. The molecule has 0 aromatic heterocycles. The molecule has 9 heavy (non-hydrogen) atoms. The van der Waals surface area contributed by atoms with Gasteiger partial charge >= 0.3 is 0 Å². The number of carbonyl (C=O) groups excluding carboxylic acids is 1. The van der Waals surface area contributed by atoms with Crippen molar-refractivity contribution in [2.45, 2.75) is 19.4 Å². The lowest BCUT2D eigenvalue weighted by molar-refractivity contribution is -0.112. The predicted molar refractivity (Wildman–Crippen MR) is 33.7 cm³/mol. The smallest absolute Gasteiger partial charge is 0.139 e. The van der Waals surface area contributed by atoms with Gasteiger partial charge in [0, 0.05) is 6.54 Å². The second kappa shape index (κ2) is 3.58. The number of nitrogens with one attached hydrogen (secondary N) is 1. The third kappa shape index (κ3) is 4.12. The van der Waals surface area contributed by atoms with Crippen LogP contribution in [0.4, 0.5) is 0 Å². The first-order chi connectivity index (χ1) is 4.12. The summed E-state index contributed by atoms with van der Waals surface area (Å²) in [4.78, 5) is 10.2. The average molecular weight is 130 g/mol. The van der Waals surface area contributed by atoms with Crippen LogP contribution < -0.4 is 5.32 Å². The summed E-state index contributed by atoms with van der Waals surface area (Å²) in [5.74, 6) is 0. The highest BCUT2D eigenvalue weighted by Gasteiger charge is 2.13. The van der Waals surface area contributed by atoms with Gasteiger partial charge in [0.25, 0.3) is 0 Å². The molecule has 3 nitrogen and oxygen atoms in total. The predicted octanol–water partition coefficient (Wildman–Crippen LogP) is -0.0160. The minimum atomic E-state index is -0.537. The summed E-state index contributed by atoms with van der Waals surface area (Å²) >= 11 is 0. The van der Waals surface area contributed by atoms with E-state index in [9.17, 15) is 9.90 Å². The van der Waals surface area contributed by atoms with E-state index in [0.29, 0.717) is 6.54 Å². The Kier molecular flexibility index (Phi) is 3.42. The minimum absolute atomic E-state index is 0.183. The van der Waals surface area contributed by atoms with E-state index in [1.807, 2.05) is 0 Å². The van der Waals surface area contributed by atoms with Gasteiger partial charge in [-0.2, -0.15) is 0 Å².